The van der Waals surface area contributed by atoms with Crippen molar-refractivity contribution in [2.24, 2.45) is 5.92 Å². The first-order valence-corrected chi connectivity index (χ1v) is 7.73. The molecule has 1 amide bonds. The van der Waals surface area contributed by atoms with Gasteiger partial charge in [-0.3, -0.25) is 4.79 Å². The highest BCUT2D eigenvalue weighted by Gasteiger charge is 2.24. The summed E-state index contributed by atoms with van der Waals surface area (Å²) < 4.78 is 0. The summed E-state index contributed by atoms with van der Waals surface area (Å²) in [7, 11) is 0. The van der Waals surface area contributed by atoms with Crippen LogP contribution in [0.3, 0.4) is 0 Å². The summed E-state index contributed by atoms with van der Waals surface area (Å²) >= 11 is 1.43. The molecule has 0 radical (unpaired) electrons. The van der Waals surface area contributed by atoms with Crippen LogP contribution in [0.1, 0.15) is 23.2 Å². The zero-order valence-electron chi connectivity index (χ0n) is 11.3. The van der Waals surface area contributed by atoms with Crippen LogP contribution in [0.4, 0.5) is 0 Å². The second-order valence-corrected chi connectivity index (χ2v) is 5.97. The predicted molar refractivity (Wildman–Crippen MR) is 78.5 cm³/mol. The summed E-state index contributed by atoms with van der Waals surface area (Å²) in [4.78, 5) is 15.2. The summed E-state index contributed by atoms with van der Waals surface area (Å²) in [5.74, 6) is 0.597. The predicted octanol–water partition coefficient (Wildman–Crippen LogP) is 2.15. The fourth-order valence-electron chi connectivity index (χ4n) is 2.42. The molecule has 1 aromatic rings. The molecule has 0 spiro atoms. The first-order chi connectivity index (χ1) is 9.74. The molecule has 1 N–H and O–H groups in total. The minimum absolute atomic E-state index is 0.0163. The van der Waals surface area contributed by atoms with E-state index in [1.165, 1.54) is 11.8 Å². The Morgan fingerprint density at radius 1 is 1.55 bits per heavy atom. The van der Waals surface area contributed by atoms with Crippen molar-refractivity contribution in [1.82, 2.24) is 4.90 Å². The van der Waals surface area contributed by atoms with Gasteiger partial charge in [-0.05, 0) is 37.0 Å². The molecule has 2 rings (SSSR count). The van der Waals surface area contributed by atoms with Crippen LogP contribution in [0.2, 0.25) is 0 Å². The van der Waals surface area contributed by atoms with E-state index in [0.717, 1.165) is 24.3 Å². The van der Waals surface area contributed by atoms with Gasteiger partial charge in [-0.25, -0.2) is 0 Å². The fraction of sp³-hybridized carbons (Fsp3) is 0.467. The third-order valence-electron chi connectivity index (χ3n) is 3.45. The van der Waals surface area contributed by atoms with Crippen molar-refractivity contribution in [2.75, 3.05) is 25.4 Å². The van der Waals surface area contributed by atoms with Gasteiger partial charge in [0.25, 0.3) is 5.91 Å². The summed E-state index contributed by atoms with van der Waals surface area (Å²) in [5, 5.41) is 17.8. The van der Waals surface area contributed by atoms with Crippen molar-refractivity contribution in [3.63, 3.8) is 0 Å². The number of carbonyl (C=O) groups excluding carboxylic acids is 1. The molecule has 0 bridgehead atoms. The van der Waals surface area contributed by atoms with Crippen molar-refractivity contribution in [3.8, 4) is 6.07 Å². The van der Waals surface area contributed by atoms with Gasteiger partial charge in [0.05, 0.1) is 11.8 Å². The van der Waals surface area contributed by atoms with E-state index in [1.807, 2.05) is 23.1 Å². The molecule has 1 unspecified atom stereocenters. The maximum Gasteiger partial charge on any atom is 0.253 e. The molecule has 20 heavy (non-hydrogen) atoms. The molecule has 5 heteroatoms. The van der Waals surface area contributed by atoms with E-state index >= 15 is 0 Å². The first-order valence-electron chi connectivity index (χ1n) is 6.74. The monoisotopic (exact) mass is 290 g/mol. The van der Waals surface area contributed by atoms with Gasteiger partial charge in [-0.15, -0.1) is 11.8 Å². The maximum atomic E-state index is 12.5. The average Bonchev–Trinajstić information content (AvgIpc) is 2.52. The van der Waals surface area contributed by atoms with Crippen LogP contribution >= 0.6 is 11.8 Å². The lowest BCUT2D eigenvalue weighted by atomic mass is 9.98. The van der Waals surface area contributed by atoms with E-state index in [2.05, 4.69) is 6.07 Å². The third-order valence-corrected chi connectivity index (χ3v) is 4.31. The first kappa shape index (κ1) is 14.9. The highest BCUT2D eigenvalue weighted by atomic mass is 32.2. The van der Waals surface area contributed by atoms with Crippen molar-refractivity contribution >= 4 is 17.7 Å². The van der Waals surface area contributed by atoms with E-state index in [9.17, 15) is 9.90 Å². The summed E-state index contributed by atoms with van der Waals surface area (Å²) in [6, 6.07) is 9.48. The highest BCUT2D eigenvalue weighted by molar-refractivity contribution is 7.99. The van der Waals surface area contributed by atoms with Gasteiger partial charge in [0, 0.05) is 30.2 Å². The van der Waals surface area contributed by atoms with Gasteiger partial charge in [-0.1, -0.05) is 6.07 Å². The number of rotatable bonds is 4. The molecule has 1 atom stereocenters. The standard InChI is InChI=1S/C15H18N2O2S/c16-6-8-20-14-5-1-4-13(9-14)15(19)17-7-2-3-12(10-17)11-18/h1,4-5,9,12,18H,2-3,7-8,10-11H2. The molecule has 1 aromatic carbocycles. The number of aliphatic hydroxyl groups excluding tert-OH is 1. The largest absolute Gasteiger partial charge is 0.396 e. The van der Waals surface area contributed by atoms with Gasteiger partial charge in [0.1, 0.15) is 0 Å². The second-order valence-electron chi connectivity index (χ2n) is 4.92. The number of amides is 1. The number of hydrogen-bond donors (Lipinski definition) is 1. The van der Waals surface area contributed by atoms with Crippen LogP contribution in [-0.2, 0) is 0 Å². The SMILES string of the molecule is N#CCSc1cccc(C(=O)N2CCCC(CO)C2)c1. The zero-order valence-corrected chi connectivity index (χ0v) is 12.1. The van der Waals surface area contributed by atoms with Crippen LogP contribution in [0.25, 0.3) is 0 Å². The Balaban J connectivity index is 2.06. The maximum absolute atomic E-state index is 12.5. The van der Waals surface area contributed by atoms with Crippen molar-refractivity contribution in [2.45, 2.75) is 17.7 Å². The molecule has 0 saturated carbocycles. The van der Waals surface area contributed by atoms with Gasteiger partial charge in [0.2, 0.25) is 0 Å². The molecule has 1 saturated heterocycles. The zero-order chi connectivity index (χ0) is 14.4. The van der Waals surface area contributed by atoms with Crippen molar-refractivity contribution < 1.29 is 9.90 Å². The third kappa shape index (κ3) is 3.75. The Labute approximate surface area is 123 Å². The lowest BCUT2D eigenvalue weighted by Crippen LogP contribution is -2.40. The van der Waals surface area contributed by atoms with Crippen LogP contribution in [0.5, 0.6) is 0 Å². The van der Waals surface area contributed by atoms with E-state index in [-0.39, 0.29) is 18.4 Å². The topological polar surface area (TPSA) is 64.3 Å². The quantitative estimate of drug-likeness (QED) is 0.863. The van der Waals surface area contributed by atoms with E-state index in [4.69, 9.17) is 5.26 Å². The Hall–Kier alpha value is -1.51. The molecule has 1 aliphatic rings. The van der Waals surface area contributed by atoms with Crippen molar-refractivity contribution in [3.05, 3.63) is 29.8 Å². The minimum Gasteiger partial charge on any atom is -0.396 e. The number of aliphatic hydroxyl groups is 1. The molecule has 1 heterocycles. The molecule has 106 valence electrons. The lowest BCUT2D eigenvalue weighted by molar-refractivity contribution is 0.0620. The summed E-state index contributed by atoms with van der Waals surface area (Å²) in [6.45, 7) is 1.53. The van der Waals surface area contributed by atoms with Gasteiger partial charge >= 0.3 is 0 Å². The van der Waals surface area contributed by atoms with E-state index < -0.39 is 0 Å². The minimum atomic E-state index is 0.0163. The summed E-state index contributed by atoms with van der Waals surface area (Å²) in [5.41, 5.74) is 0.659. The molecule has 0 aliphatic carbocycles. The number of likely N-dealkylation sites (tertiary alicyclic amines) is 1. The van der Waals surface area contributed by atoms with Gasteiger partial charge < -0.3 is 10.0 Å². The number of nitriles is 1. The Kier molecular flexibility index (Phi) is 5.45. The summed E-state index contributed by atoms with van der Waals surface area (Å²) in [6.07, 6.45) is 1.93. The second kappa shape index (κ2) is 7.32. The molecule has 0 aromatic heterocycles. The average molecular weight is 290 g/mol. The van der Waals surface area contributed by atoms with Gasteiger partial charge in [0.15, 0.2) is 0 Å². The Bertz CT molecular complexity index is 513. The Morgan fingerprint density at radius 2 is 2.40 bits per heavy atom. The fourth-order valence-corrected chi connectivity index (χ4v) is 3.03. The van der Waals surface area contributed by atoms with Gasteiger partial charge in [-0.2, -0.15) is 5.26 Å². The molecular formula is C15H18N2O2S. The highest BCUT2D eigenvalue weighted by Crippen LogP contribution is 2.22. The number of carbonyl (C=O) groups is 1. The molecule has 4 nitrogen and oxygen atoms in total. The Morgan fingerprint density at radius 3 is 3.15 bits per heavy atom. The van der Waals surface area contributed by atoms with Crippen molar-refractivity contribution in [1.29, 1.82) is 5.26 Å². The molecule has 1 fully saturated rings. The number of piperidine rings is 1. The number of benzene rings is 1. The number of nitrogens with zero attached hydrogens (tertiary/aromatic N) is 2. The molecular weight excluding hydrogens is 272 g/mol. The molecule has 1 aliphatic heterocycles. The number of hydrogen-bond acceptors (Lipinski definition) is 4. The normalized spacial score (nSPS) is 18.6. The smallest absolute Gasteiger partial charge is 0.253 e. The van der Waals surface area contributed by atoms with Crippen LogP contribution in [-0.4, -0.2) is 41.4 Å². The van der Waals surface area contributed by atoms with Crippen LogP contribution in [0.15, 0.2) is 29.2 Å². The lowest BCUT2D eigenvalue weighted by Gasteiger charge is -2.32. The number of thioether (sulfide) groups is 1. The van der Waals surface area contributed by atoms with E-state index in [0.29, 0.717) is 17.9 Å². The van der Waals surface area contributed by atoms with Crippen LogP contribution < -0.4 is 0 Å². The van der Waals surface area contributed by atoms with Crippen LogP contribution in [0, 0.1) is 17.2 Å². The van der Waals surface area contributed by atoms with E-state index in [1.54, 1.807) is 6.07 Å².